The van der Waals surface area contributed by atoms with E-state index >= 15 is 0 Å². The summed E-state index contributed by atoms with van der Waals surface area (Å²) in [6.07, 6.45) is 0. The van der Waals surface area contributed by atoms with E-state index in [1.807, 2.05) is 14.1 Å². The van der Waals surface area contributed by atoms with Gasteiger partial charge in [-0.1, -0.05) is 6.82 Å². The van der Waals surface area contributed by atoms with Gasteiger partial charge in [-0.05, 0) is 14.1 Å². The molecule has 0 aliphatic heterocycles. The second-order valence-corrected chi connectivity index (χ2v) is 1.08. The molecule has 4 heteroatoms. The van der Waals surface area contributed by atoms with Crippen LogP contribution in [0, 0.1) is 21.9 Å². The number of nitrogens with zero attached hydrogens (tertiary/aromatic N) is 1. The van der Waals surface area contributed by atoms with E-state index in [1.54, 1.807) is 4.90 Å². The Morgan fingerprint density at radius 2 is 1.10 bits per heavy atom. The van der Waals surface area contributed by atoms with Crippen LogP contribution in [-0.2, 0) is 39.6 Å². The first-order valence-electron chi connectivity index (χ1n) is 1.79. The van der Waals surface area contributed by atoms with Gasteiger partial charge in [0.05, 0.1) is 7.85 Å². The van der Waals surface area contributed by atoms with E-state index in [2.05, 4.69) is 14.9 Å². The van der Waals surface area contributed by atoms with Gasteiger partial charge in [0.1, 0.15) is 0 Å². The van der Waals surface area contributed by atoms with Crippen LogP contribution in [-0.4, -0.2) is 26.8 Å². The van der Waals surface area contributed by atoms with E-state index in [9.17, 15) is 0 Å². The van der Waals surface area contributed by atoms with Gasteiger partial charge in [-0.2, -0.15) is 0 Å². The fourth-order valence-corrected chi connectivity index (χ4v) is 0. The Labute approximate surface area is 94.9 Å². The number of rotatable bonds is 0. The van der Waals surface area contributed by atoms with Gasteiger partial charge in [0, 0.05) is 21.1 Å². The molecule has 0 amide bonds. The Bertz CT molecular complexity index is 22.5. The van der Waals surface area contributed by atoms with Crippen LogP contribution in [0.4, 0.5) is 0 Å². The van der Waals surface area contributed by atoms with Crippen molar-refractivity contribution in [1.82, 2.24) is 4.90 Å². The molecule has 3 radical (unpaired) electrons. The van der Waals surface area contributed by atoms with Crippen molar-refractivity contribution in [2.45, 2.75) is 6.82 Å². The van der Waals surface area contributed by atoms with Gasteiger partial charge < -0.3 is 19.8 Å². The Morgan fingerprint density at radius 1 is 1.10 bits per heavy atom. The third-order valence-electron chi connectivity index (χ3n) is 0. The molecule has 0 atom stereocenters. The van der Waals surface area contributed by atoms with E-state index in [-0.39, 0.29) is 54.5 Å². The van der Waals surface area contributed by atoms with Crippen molar-refractivity contribution < 1.29 is 39.6 Å². The van der Waals surface area contributed by atoms with Crippen molar-refractivity contribution in [2.75, 3.05) is 14.1 Å². The topological polar surface area (TPSA) is 3.24 Å². The van der Waals surface area contributed by atoms with Gasteiger partial charge in [-0.25, -0.2) is 0 Å². The summed E-state index contributed by atoms with van der Waals surface area (Å²) in [5.74, 6) is 0. The molecule has 0 aliphatic rings. The standard InChI is InChI=1S/C3H8N.CH3B.2CH3.V.W/c1-4(2)3;1-2;;;;/h1H2,2-3H3;1H3;2*1H3;;/q-1;;2*-1;+2;. The van der Waals surface area contributed by atoms with Gasteiger partial charge in [-0.3, -0.25) is 7.05 Å². The molecule has 0 unspecified atom stereocenters. The first-order valence-corrected chi connectivity index (χ1v) is 1.79. The normalized spacial score (nSPS) is 4.10. The van der Waals surface area contributed by atoms with E-state index in [4.69, 9.17) is 0 Å². The minimum Gasteiger partial charge on any atom is -0.464 e. The average Bonchev–Trinajstić information content (AvgIpc) is 1.41. The largest absolute Gasteiger partial charge is 2.00 e. The van der Waals surface area contributed by atoms with E-state index < -0.39 is 0 Å². The molecular formula is C6H17BNVW-. The molecule has 0 aromatic heterocycles. The molecule has 0 spiro atoms. The number of hydrogen-bond acceptors (Lipinski definition) is 1. The molecule has 61 valence electrons. The first kappa shape index (κ1) is 42.7. The van der Waals surface area contributed by atoms with Gasteiger partial charge in [0.2, 0.25) is 0 Å². The van der Waals surface area contributed by atoms with Crippen molar-refractivity contribution in [3.05, 3.63) is 21.9 Å². The zero-order chi connectivity index (χ0) is 5.58. The molecule has 1 nitrogen and oxygen atoms in total. The monoisotopic (exact) mass is 349 g/mol. The average molecular weight is 349 g/mol. The van der Waals surface area contributed by atoms with Gasteiger partial charge in [-0.15, -0.1) is 0 Å². The second-order valence-electron chi connectivity index (χ2n) is 1.08. The van der Waals surface area contributed by atoms with Crippen LogP contribution in [0.5, 0.6) is 0 Å². The molecule has 0 aliphatic carbocycles. The Hall–Kier alpha value is 1.30. The fraction of sp³-hybridized carbons (Fsp3) is 0.500. The Kier molecular flexibility index (Phi) is 206. The predicted octanol–water partition coefficient (Wildman–Crippen LogP) is 1.44. The molecule has 0 N–H and O–H groups in total. The van der Waals surface area contributed by atoms with Crippen molar-refractivity contribution >= 4 is 7.85 Å². The van der Waals surface area contributed by atoms with Crippen molar-refractivity contribution in [1.29, 1.82) is 0 Å². The van der Waals surface area contributed by atoms with Crippen molar-refractivity contribution in [2.24, 2.45) is 0 Å². The molecule has 0 aromatic carbocycles. The van der Waals surface area contributed by atoms with E-state index in [0.717, 1.165) is 0 Å². The SMILES string of the molecule is [B]C.[CH2-]N(C)C.[CH3-].[CH3-].[V+2].[W]. The summed E-state index contributed by atoms with van der Waals surface area (Å²) in [4.78, 5) is 1.75. The predicted molar refractivity (Wildman–Crippen MR) is 43.5 cm³/mol. The second kappa shape index (κ2) is 48.2. The molecule has 0 saturated carbocycles. The van der Waals surface area contributed by atoms with Crippen LogP contribution < -0.4 is 0 Å². The molecule has 0 saturated heterocycles. The van der Waals surface area contributed by atoms with Crippen LogP contribution in [0.1, 0.15) is 0 Å². The summed E-state index contributed by atoms with van der Waals surface area (Å²) in [5.41, 5.74) is 0. The molecule has 0 bridgehead atoms. The molecular weight excluding hydrogens is 332 g/mol. The minimum atomic E-state index is 0. The summed E-state index contributed by atoms with van der Waals surface area (Å²) >= 11 is 0. The van der Waals surface area contributed by atoms with E-state index in [1.165, 1.54) is 6.82 Å². The minimum absolute atomic E-state index is 0. The smallest absolute Gasteiger partial charge is 0.464 e. The fourth-order valence-electron chi connectivity index (χ4n) is 0. The van der Waals surface area contributed by atoms with E-state index in [0.29, 0.717) is 0 Å². The van der Waals surface area contributed by atoms with Crippen LogP contribution in [0.3, 0.4) is 0 Å². The van der Waals surface area contributed by atoms with Gasteiger partial charge in [0.25, 0.3) is 0 Å². The zero-order valence-corrected chi connectivity index (χ0v) is 11.9. The van der Waals surface area contributed by atoms with Crippen molar-refractivity contribution in [3.63, 3.8) is 0 Å². The van der Waals surface area contributed by atoms with Gasteiger partial charge in [0.15, 0.2) is 0 Å². The molecule has 0 rings (SSSR count). The van der Waals surface area contributed by atoms with Crippen molar-refractivity contribution in [3.8, 4) is 0 Å². The number of hydrogen-bond donors (Lipinski definition) is 0. The van der Waals surface area contributed by atoms with Crippen LogP contribution in [0.25, 0.3) is 0 Å². The third kappa shape index (κ3) is 380. The molecule has 10 heavy (non-hydrogen) atoms. The van der Waals surface area contributed by atoms with Crippen LogP contribution in [0.2, 0.25) is 6.82 Å². The maximum absolute atomic E-state index is 4.50. The first-order chi connectivity index (χ1) is 2.73. The zero-order valence-electron chi connectivity index (χ0n) is 7.59. The summed E-state index contributed by atoms with van der Waals surface area (Å²) in [5, 5.41) is 0. The third-order valence-corrected chi connectivity index (χ3v) is 0. The maximum atomic E-state index is 4.50. The van der Waals surface area contributed by atoms with Gasteiger partial charge >= 0.3 is 18.6 Å². The van der Waals surface area contributed by atoms with Crippen LogP contribution >= 0.6 is 0 Å². The summed E-state index contributed by atoms with van der Waals surface area (Å²) < 4.78 is 0. The molecule has 0 fully saturated rings. The van der Waals surface area contributed by atoms with Crippen LogP contribution in [0.15, 0.2) is 0 Å². The maximum Gasteiger partial charge on any atom is 2.00 e. The Morgan fingerprint density at radius 3 is 1.10 bits per heavy atom. The molecule has 0 aromatic rings. The summed E-state index contributed by atoms with van der Waals surface area (Å²) in [6.45, 7) is 1.50. The summed E-state index contributed by atoms with van der Waals surface area (Å²) in [6, 6.07) is 0. The molecule has 0 heterocycles. The Balaban J connectivity index is -0.00000000625. The quantitative estimate of drug-likeness (QED) is 0.473. The summed E-state index contributed by atoms with van der Waals surface area (Å²) in [7, 11) is 11.8.